The second-order valence-corrected chi connectivity index (χ2v) is 6.63. The number of nitrogens with two attached hydrogens (primary N) is 1. The van der Waals surface area contributed by atoms with E-state index in [9.17, 15) is 4.79 Å². The van der Waals surface area contributed by atoms with Gasteiger partial charge < -0.3 is 5.73 Å². The zero-order valence-corrected chi connectivity index (χ0v) is 12.4. The molecule has 2 aromatic rings. The molecule has 4 nitrogen and oxygen atoms in total. The normalized spacial score (nSPS) is 10.9. The number of ketones is 1. The van der Waals surface area contributed by atoms with Gasteiger partial charge in [-0.3, -0.25) is 4.79 Å². The van der Waals surface area contributed by atoms with Gasteiger partial charge in [-0.2, -0.15) is 0 Å². The van der Waals surface area contributed by atoms with Crippen LogP contribution in [0.1, 0.15) is 35.7 Å². The molecule has 100 valence electrons. The first kappa shape index (κ1) is 14.0. The van der Waals surface area contributed by atoms with E-state index in [1.54, 1.807) is 0 Å². The molecule has 1 aromatic heterocycles. The Morgan fingerprint density at radius 3 is 2.53 bits per heavy atom. The monoisotopic (exact) mass is 293 g/mol. The molecule has 0 aliphatic heterocycles. The summed E-state index contributed by atoms with van der Waals surface area (Å²) in [5.74, 6) is 0.923. The Hall–Kier alpha value is -1.40. The highest BCUT2D eigenvalue weighted by molar-refractivity contribution is 8.01. The summed E-state index contributed by atoms with van der Waals surface area (Å²) in [4.78, 5) is 12.0. The molecule has 0 amide bonds. The van der Waals surface area contributed by atoms with Gasteiger partial charge in [-0.05, 0) is 11.5 Å². The fraction of sp³-hybridized carbons (Fsp3) is 0.308. The lowest BCUT2D eigenvalue weighted by molar-refractivity contribution is 0.102. The number of rotatable bonds is 5. The van der Waals surface area contributed by atoms with Crippen molar-refractivity contribution in [3.63, 3.8) is 0 Å². The number of benzene rings is 1. The molecule has 1 aromatic carbocycles. The topological polar surface area (TPSA) is 68.9 Å². The van der Waals surface area contributed by atoms with Gasteiger partial charge in [-0.25, -0.2) is 0 Å². The molecule has 0 fully saturated rings. The fourth-order valence-corrected chi connectivity index (χ4v) is 3.07. The van der Waals surface area contributed by atoms with E-state index >= 15 is 0 Å². The van der Waals surface area contributed by atoms with Gasteiger partial charge in [0.1, 0.15) is 0 Å². The van der Waals surface area contributed by atoms with Crippen LogP contribution in [0.25, 0.3) is 0 Å². The Morgan fingerprint density at radius 1 is 1.32 bits per heavy atom. The molecular weight excluding hydrogens is 278 g/mol. The molecule has 2 rings (SSSR count). The zero-order valence-electron chi connectivity index (χ0n) is 10.8. The van der Waals surface area contributed by atoms with E-state index in [-0.39, 0.29) is 5.78 Å². The van der Waals surface area contributed by atoms with Crippen LogP contribution in [0.4, 0.5) is 5.13 Å². The summed E-state index contributed by atoms with van der Waals surface area (Å²) in [6.45, 7) is 4.26. The molecule has 0 atom stereocenters. The first-order valence-electron chi connectivity index (χ1n) is 5.91. The van der Waals surface area contributed by atoms with Crippen molar-refractivity contribution in [3.8, 4) is 0 Å². The van der Waals surface area contributed by atoms with Gasteiger partial charge in [-0.15, -0.1) is 10.2 Å². The molecule has 2 N–H and O–H groups in total. The van der Waals surface area contributed by atoms with Crippen molar-refractivity contribution >= 4 is 34.0 Å². The summed E-state index contributed by atoms with van der Waals surface area (Å²) >= 11 is 2.67. The first-order chi connectivity index (χ1) is 9.06. The number of nitrogen functional groups attached to an aromatic ring is 1. The molecule has 6 heteroatoms. The van der Waals surface area contributed by atoms with Crippen molar-refractivity contribution in [2.24, 2.45) is 0 Å². The van der Waals surface area contributed by atoms with E-state index in [2.05, 4.69) is 24.0 Å². The molecule has 0 aliphatic rings. The fourth-order valence-electron chi connectivity index (χ4n) is 1.54. The summed E-state index contributed by atoms with van der Waals surface area (Å²) in [5.41, 5.74) is 7.46. The molecule has 0 saturated carbocycles. The van der Waals surface area contributed by atoms with E-state index in [1.165, 1.54) is 28.7 Å². The van der Waals surface area contributed by atoms with Gasteiger partial charge in [0, 0.05) is 5.56 Å². The number of carbonyl (C=O) groups excluding carboxylic acids is 1. The predicted molar refractivity (Wildman–Crippen MR) is 79.9 cm³/mol. The van der Waals surface area contributed by atoms with Crippen molar-refractivity contribution in [2.75, 3.05) is 11.5 Å². The van der Waals surface area contributed by atoms with E-state index < -0.39 is 0 Å². The number of carbonyl (C=O) groups is 1. The van der Waals surface area contributed by atoms with Crippen LogP contribution >= 0.6 is 23.1 Å². The van der Waals surface area contributed by atoms with Crippen LogP contribution in [0.5, 0.6) is 0 Å². The minimum atomic E-state index is 0.0917. The molecular formula is C13H15N3OS2. The minimum Gasteiger partial charge on any atom is -0.374 e. The minimum absolute atomic E-state index is 0.0917. The van der Waals surface area contributed by atoms with Gasteiger partial charge in [0.25, 0.3) is 0 Å². The van der Waals surface area contributed by atoms with Crippen molar-refractivity contribution in [3.05, 3.63) is 35.4 Å². The summed E-state index contributed by atoms with van der Waals surface area (Å²) in [5, 5.41) is 8.01. The molecule has 0 aliphatic carbocycles. The average Bonchev–Trinajstić information content (AvgIpc) is 2.82. The van der Waals surface area contributed by atoms with Crippen LogP contribution in [0.2, 0.25) is 0 Å². The first-order valence-corrected chi connectivity index (χ1v) is 7.71. The molecule has 1 heterocycles. The highest BCUT2D eigenvalue weighted by atomic mass is 32.2. The SMILES string of the molecule is CC(C)c1ccc(C(=O)CSc2nnc(N)s2)cc1. The number of aromatic nitrogens is 2. The van der Waals surface area contributed by atoms with Gasteiger partial charge in [0.05, 0.1) is 5.75 Å². The van der Waals surface area contributed by atoms with Crippen LogP contribution in [0.3, 0.4) is 0 Å². The quantitative estimate of drug-likeness (QED) is 0.677. The van der Waals surface area contributed by atoms with E-state index in [0.29, 0.717) is 16.8 Å². The molecule has 19 heavy (non-hydrogen) atoms. The zero-order chi connectivity index (χ0) is 13.8. The van der Waals surface area contributed by atoms with Crippen LogP contribution in [0.15, 0.2) is 28.6 Å². The summed E-state index contributed by atoms with van der Waals surface area (Å²) in [6.07, 6.45) is 0. The number of nitrogens with zero attached hydrogens (tertiary/aromatic N) is 2. The van der Waals surface area contributed by atoms with Crippen molar-refractivity contribution in [1.82, 2.24) is 10.2 Å². The van der Waals surface area contributed by atoms with Crippen LogP contribution < -0.4 is 5.73 Å². The number of thioether (sulfide) groups is 1. The van der Waals surface area contributed by atoms with Gasteiger partial charge in [0.15, 0.2) is 10.1 Å². The van der Waals surface area contributed by atoms with Crippen LogP contribution in [-0.2, 0) is 0 Å². The Kier molecular flexibility index (Phi) is 4.55. The van der Waals surface area contributed by atoms with E-state index in [4.69, 9.17) is 5.73 Å². The standard InChI is InChI=1S/C13H15N3OS2/c1-8(2)9-3-5-10(6-4-9)11(17)7-18-13-16-15-12(14)19-13/h3-6,8H,7H2,1-2H3,(H2,14,15). The number of Topliss-reactive ketones (excluding diaryl/α,β-unsaturated/α-hetero) is 1. The van der Waals surface area contributed by atoms with Crippen LogP contribution in [0, 0.1) is 0 Å². The largest absolute Gasteiger partial charge is 0.374 e. The molecule has 0 radical (unpaired) electrons. The van der Waals surface area contributed by atoms with E-state index in [0.717, 1.165) is 9.90 Å². The lowest BCUT2D eigenvalue weighted by Crippen LogP contribution is -2.02. The van der Waals surface area contributed by atoms with Crippen LogP contribution in [-0.4, -0.2) is 21.7 Å². The third-order valence-corrected chi connectivity index (χ3v) is 4.53. The highest BCUT2D eigenvalue weighted by Gasteiger charge is 2.09. The summed E-state index contributed by atoms with van der Waals surface area (Å²) in [7, 11) is 0. The summed E-state index contributed by atoms with van der Waals surface area (Å²) < 4.78 is 0.727. The number of hydrogen-bond donors (Lipinski definition) is 1. The van der Waals surface area contributed by atoms with Crippen molar-refractivity contribution in [2.45, 2.75) is 24.1 Å². The summed E-state index contributed by atoms with van der Waals surface area (Å²) in [6, 6.07) is 7.77. The Bertz CT molecular complexity index is 564. The Balaban J connectivity index is 1.96. The predicted octanol–water partition coefficient (Wildman–Crippen LogP) is 3.22. The molecule has 0 spiro atoms. The lowest BCUT2D eigenvalue weighted by atomic mass is 10.0. The third kappa shape index (κ3) is 3.78. The van der Waals surface area contributed by atoms with Gasteiger partial charge >= 0.3 is 0 Å². The maximum atomic E-state index is 12.0. The van der Waals surface area contributed by atoms with Crippen molar-refractivity contribution in [1.29, 1.82) is 0 Å². The maximum Gasteiger partial charge on any atom is 0.203 e. The number of hydrogen-bond acceptors (Lipinski definition) is 6. The van der Waals surface area contributed by atoms with Crippen molar-refractivity contribution < 1.29 is 4.79 Å². The third-order valence-electron chi connectivity index (χ3n) is 2.65. The van der Waals surface area contributed by atoms with E-state index in [1.807, 2.05) is 24.3 Å². The average molecular weight is 293 g/mol. The Morgan fingerprint density at radius 2 is 2.00 bits per heavy atom. The molecule has 0 bridgehead atoms. The number of anilines is 1. The second kappa shape index (κ2) is 6.16. The maximum absolute atomic E-state index is 12.0. The lowest BCUT2D eigenvalue weighted by Gasteiger charge is -2.05. The second-order valence-electron chi connectivity index (χ2n) is 4.39. The van der Waals surface area contributed by atoms with Gasteiger partial charge in [-0.1, -0.05) is 61.2 Å². The highest BCUT2D eigenvalue weighted by Crippen LogP contribution is 2.24. The molecule has 0 unspecified atom stereocenters. The smallest absolute Gasteiger partial charge is 0.203 e. The van der Waals surface area contributed by atoms with Gasteiger partial charge in [0.2, 0.25) is 5.13 Å². The Labute approximate surface area is 120 Å². The molecule has 0 saturated heterocycles.